The molecule has 168 valence electrons. The first-order chi connectivity index (χ1) is 15.3. The highest BCUT2D eigenvalue weighted by molar-refractivity contribution is 7.89. The Morgan fingerprint density at radius 3 is 2.59 bits per heavy atom. The van der Waals surface area contributed by atoms with Crippen LogP contribution in [0.2, 0.25) is 5.02 Å². The third-order valence-corrected chi connectivity index (χ3v) is 7.77. The number of anilines is 1. The van der Waals surface area contributed by atoms with Gasteiger partial charge in [0.25, 0.3) is 5.91 Å². The second kappa shape index (κ2) is 8.93. The zero-order valence-electron chi connectivity index (χ0n) is 17.4. The van der Waals surface area contributed by atoms with Crippen molar-refractivity contribution in [2.24, 2.45) is 0 Å². The molecule has 0 bridgehead atoms. The number of amides is 2. The van der Waals surface area contributed by atoms with Gasteiger partial charge in [-0.25, -0.2) is 8.42 Å². The van der Waals surface area contributed by atoms with E-state index in [-0.39, 0.29) is 49.5 Å². The van der Waals surface area contributed by atoms with Crippen LogP contribution in [0.3, 0.4) is 0 Å². The quantitative estimate of drug-likeness (QED) is 0.685. The fourth-order valence-electron chi connectivity index (χ4n) is 3.66. The van der Waals surface area contributed by atoms with E-state index < -0.39 is 10.0 Å². The summed E-state index contributed by atoms with van der Waals surface area (Å²) in [5.41, 5.74) is 1.71. The summed E-state index contributed by atoms with van der Waals surface area (Å²) >= 11 is 6.11. The second-order valence-electron chi connectivity index (χ2n) is 7.53. The molecule has 2 aromatic rings. The van der Waals surface area contributed by atoms with Crippen molar-refractivity contribution in [3.8, 4) is 5.75 Å². The number of carbonyl (C=O) groups is 2. The standard InChI is InChI=1S/C22H22ClN3O5S/c1-15-12-18-19(31-14-21(27)24-18)13-20(15)32(29,30)26-10-8-25(9-11-26)22(28)7-6-16-4-2-3-5-17(16)23/h2-7,12-13H,8-11,14H2,1H3,(H,24,27). The van der Waals surface area contributed by atoms with Crippen molar-refractivity contribution < 1.29 is 22.7 Å². The van der Waals surface area contributed by atoms with Gasteiger partial charge in [0.05, 0.1) is 10.6 Å². The number of fused-ring (bicyclic) bond motifs is 1. The molecule has 8 nitrogen and oxygen atoms in total. The lowest BCUT2D eigenvalue weighted by molar-refractivity contribution is -0.127. The van der Waals surface area contributed by atoms with Gasteiger partial charge in [-0.05, 0) is 36.3 Å². The first kappa shape index (κ1) is 22.3. The van der Waals surface area contributed by atoms with Crippen molar-refractivity contribution >= 4 is 45.2 Å². The van der Waals surface area contributed by atoms with E-state index in [1.165, 1.54) is 16.4 Å². The highest BCUT2D eigenvalue weighted by Crippen LogP contribution is 2.34. The molecule has 4 rings (SSSR count). The lowest BCUT2D eigenvalue weighted by atomic mass is 10.2. The van der Waals surface area contributed by atoms with E-state index in [1.807, 2.05) is 18.2 Å². The van der Waals surface area contributed by atoms with Crippen LogP contribution in [0.4, 0.5) is 5.69 Å². The third kappa shape index (κ3) is 4.50. The van der Waals surface area contributed by atoms with Crippen LogP contribution in [0.1, 0.15) is 11.1 Å². The van der Waals surface area contributed by atoms with Crippen molar-refractivity contribution in [3.05, 3.63) is 58.6 Å². The Bertz CT molecular complexity index is 1200. The molecule has 0 aromatic heterocycles. The second-order valence-corrected chi connectivity index (χ2v) is 9.85. The summed E-state index contributed by atoms with van der Waals surface area (Å²) < 4.78 is 33.2. The lowest BCUT2D eigenvalue weighted by Gasteiger charge is -2.34. The Labute approximate surface area is 191 Å². The fraction of sp³-hybridized carbons (Fsp3) is 0.273. The summed E-state index contributed by atoms with van der Waals surface area (Å²) in [7, 11) is -3.78. The number of halogens is 1. The van der Waals surface area contributed by atoms with Crippen molar-refractivity contribution in [3.63, 3.8) is 0 Å². The highest BCUT2D eigenvalue weighted by atomic mass is 35.5. The number of nitrogens with one attached hydrogen (secondary N) is 1. The predicted molar refractivity (Wildman–Crippen MR) is 121 cm³/mol. The van der Waals surface area contributed by atoms with E-state index >= 15 is 0 Å². The molecule has 0 unspecified atom stereocenters. The maximum absolute atomic E-state index is 13.2. The minimum Gasteiger partial charge on any atom is -0.482 e. The molecule has 2 heterocycles. The molecule has 2 aliphatic heterocycles. The summed E-state index contributed by atoms with van der Waals surface area (Å²) in [6, 6.07) is 10.3. The lowest BCUT2D eigenvalue weighted by Crippen LogP contribution is -2.50. The first-order valence-corrected chi connectivity index (χ1v) is 11.9. The zero-order valence-corrected chi connectivity index (χ0v) is 18.9. The van der Waals surface area contributed by atoms with Crippen LogP contribution in [-0.2, 0) is 19.6 Å². The predicted octanol–water partition coefficient (Wildman–Crippen LogP) is 2.53. The van der Waals surface area contributed by atoms with Gasteiger partial charge in [-0.2, -0.15) is 4.31 Å². The molecule has 1 saturated heterocycles. The van der Waals surface area contributed by atoms with Crippen LogP contribution < -0.4 is 10.1 Å². The molecule has 0 spiro atoms. The smallest absolute Gasteiger partial charge is 0.262 e. The molecule has 0 aliphatic carbocycles. The summed E-state index contributed by atoms with van der Waals surface area (Å²) in [5.74, 6) is -0.153. The number of nitrogens with zero attached hydrogens (tertiary/aromatic N) is 2. The number of carbonyl (C=O) groups excluding carboxylic acids is 2. The average Bonchev–Trinajstić information content (AvgIpc) is 2.77. The average molecular weight is 476 g/mol. The highest BCUT2D eigenvalue weighted by Gasteiger charge is 2.32. The normalized spacial score (nSPS) is 17.1. The Morgan fingerprint density at radius 1 is 1.16 bits per heavy atom. The number of hydrogen-bond donors (Lipinski definition) is 1. The Balaban J connectivity index is 1.44. The molecule has 2 aliphatic rings. The SMILES string of the molecule is Cc1cc2c(cc1S(=O)(=O)N1CCN(C(=O)C=Cc3ccccc3Cl)CC1)OCC(=O)N2. The van der Waals surface area contributed by atoms with Crippen molar-refractivity contribution in [1.29, 1.82) is 0 Å². The summed E-state index contributed by atoms with van der Waals surface area (Å²) in [4.78, 5) is 25.8. The number of piperazine rings is 1. The van der Waals surface area contributed by atoms with Gasteiger partial charge < -0.3 is 15.0 Å². The van der Waals surface area contributed by atoms with Crippen LogP contribution in [0.25, 0.3) is 6.08 Å². The number of ether oxygens (including phenoxy) is 1. The van der Waals surface area contributed by atoms with Crippen LogP contribution in [0.15, 0.2) is 47.4 Å². The van der Waals surface area contributed by atoms with Gasteiger partial charge in [0.2, 0.25) is 15.9 Å². The molecule has 2 aromatic carbocycles. The van der Waals surface area contributed by atoms with Crippen LogP contribution in [-0.4, -0.2) is 62.2 Å². The Kier molecular flexibility index (Phi) is 6.23. The monoisotopic (exact) mass is 475 g/mol. The molecule has 1 fully saturated rings. The fourth-order valence-corrected chi connectivity index (χ4v) is 5.50. The molecule has 0 radical (unpaired) electrons. The molecule has 10 heteroatoms. The largest absolute Gasteiger partial charge is 0.482 e. The number of benzene rings is 2. The first-order valence-electron chi connectivity index (χ1n) is 10.0. The Hall–Kier alpha value is -2.88. The van der Waals surface area contributed by atoms with E-state index in [1.54, 1.807) is 30.0 Å². The summed E-state index contributed by atoms with van der Waals surface area (Å²) in [5, 5.41) is 3.23. The van der Waals surface area contributed by atoms with E-state index in [0.29, 0.717) is 22.0 Å². The molecule has 0 saturated carbocycles. The van der Waals surface area contributed by atoms with E-state index in [4.69, 9.17) is 16.3 Å². The maximum atomic E-state index is 13.2. The number of hydrogen-bond acceptors (Lipinski definition) is 5. The van der Waals surface area contributed by atoms with Gasteiger partial charge in [-0.15, -0.1) is 0 Å². The summed E-state index contributed by atoms with van der Waals surface area (Å²) in [6.45, 7) is 2.44. The van der Waals surface area contributed by atoms with Crippen molar-refractivity contribution in [2.75, 3.05) is 38.1 Å². The third-order valence-electron chi connectivity index (χ3n) is 5.39. The Morgan fingerprint density at radius 2 is 1.88 bits per heavy atom. The molecular formula is C22H22ClN3O5S. The van der Waals surface area contributed by atoms with Gasteiger partial charge in [-0.3, -0.25) is 9.59 Å². The van der Waals surface area contributed by atoms with Gasteiger partial charge in [-0.1, -0.05) is 29.8 Å². The summed E-state index contributed by atoms with van der Waals surface area (Å²) in [6.07, 6.45) is 3.10. The van der Waals surface area contributed by atoms with Gasteiger partial charge in [0.15, 0.2) is 6.61 Å². The van der Waals surface area contributed by atoms with E-state index in [2.05, 4.69) is 5.32 Å². The zero-order chi connectivity index (χ0) is 22.9. The molecule has 0 atom stereocenters. The number of sulfonamides is 1. The maximum Gasteiger partial charge on any atom is 0.262 e. The van der Waals surface area contributed by atoms with Gasteiger partial charge in [0, 0.05) is 43.3 Å². The minimum absolute atomic E-state index is 0.130. The number of aryl methyl sites for hydroxylation is 1. The van der Waals surface area contributed by atoms with E-state index in [9.17, 15) is 18.0 Å². The van der Waals surface area contributed by atoms with Crippen molar-refractivity contribution in [1.82, 2.24) is 9.21 Å². The van der Waals surface area contributed by atoms with Gasteiger partial charge >= 0.3 is 0 Å². The topological polar surface area (TPSA) is 96.0 Å². The minimum atomic E-state index is -3.78. The van der Waals surface area contributed by atoms with Crippen molar-refractivity contribution in [2.45, 2.75) is 11.8 Å². The van der Waals surface area contributed by atoms with Crippen LogP contribution in [0.5, 0.6) is 5.75 Å². The van der Waals surface area contributed by atoms with Crippen LogP contribution in [0, 0.1) is 6.92 Å². The number of rotatable bonds is 4. The van der Waals surface area contributed by atoms with E-state index in [0.717, 1.165) is 5.56 Å². The molecule has 1 N–H and O–H groups in total. The van der Waals surface area contributed by atoms with Gasteiger partial charge in [0.1, 0.15) is 5.75 Å². The molecule has 32 heavy (non-hydrogen) atoms. The molecule has 2 amide bonds. The molecular weight excluding hydrogens is 454 g/mol. The van der Waals surface area contributed by atoms with Crippen LogP contribution >= 0.6 is 11.6 Å².